The first-order chi connectivity index (χ1) is 15.7. The molecule has 1 aromatic carbocycles. The summed E-state index contributed by atoms with van der Waals surface area (Å²) in [5.41, 5.74) is 1.03. The molecule has 8 nitrogen and oxygen atoms in total. The van der Waals surface area contributed by atoms with Gasteiger partial charge < -0.3 is 9.64 Å². The highest BCUT2D eigenvalue weighted by atomic mass is 32.2. The molecule has 2 fully saturated rings. The van der Waals surface area contributed by atoms with E-state index in [2.05, 4.69) is 18.9 Å². The van der Waals surface area contributed by atoms with Crippen molar-refractivity contribution in [2.75, 3.05) is 31.1 Å². The van der Waals surface area contributed by atoms with Gasteiger partial charge in [-0.05, 0) is 50.7 Å². The first-order valence-electron chi connectivity index (χ1n) is 11.8. The molecule has 0 N–H and O–H groups in total. The highest BCUT2D eigenvalue weighted by Gasteiger charge is 2.34. The molecule has 0 spiro atoms. The molecule has 9 heteroatoms. The Hall–Kier alpha value is -2.39. The topological polar surface area (TPSA) is 84.7 Å². The number of anilines is 1. The lowest BCUT2D eigenvalue weighted by Gasteiger charge is -2.36. The Balaban J connectivity index is 1.65. The van der Waals surface area contributed by atoms with Crippen LogP contribution in [0.1, 0.15) is 40.5 Å². The quantitative estimate of drug-likeness (QED) is 0.640. The summed E-state index contributed by atoms with van der Waals surface area (Å²) >= 11 is 0. The zero-order valence-corrected chi connectivity index (χ0v) is 20.7. The highest BCUT2D eigenvalue weighted by molar-refractivity contribution is 7.89. The number of nitrogens with zero attached hydrogens (tertiary/aromatic N) is 4. The van der Waals surface area contributed by atoms with Crippen molar-refractivity contribution in [2.24, 2.45) is 11.8 Å². The van der Waals surface area contributed by atoms with Crippen molar-refractivity contribution in [1.82, 2.24) is 14.1 Å². The summed E-state index contributed by atoms with van der Waals surface area (Å²) in [6.45, 7) is 9.55. The van der Waals surface area contributed by atoms with E-state index in [1.165, 1.54) is 8.99 Å². The van der Waals surface area contributed by atoms with Gasteiger partial charge in [-0.15, -0.1) is 0 Å². The van der Waals surface area contributed by atoms with Gasteiger partial charge >= 0.3 is 5.56 Å². The Morgan fingerprint density at radius 3 is 2.18 bits per heavy atom. The minimum atomic E-state index is -3.30. The Morgan fingerprint density at radius 1 is 1.00 bits per heavy atom. The predicted molar refractivity (Wildman–Crippen MR) is 130 cm³/mol. The molecule has 1 aliphatic carbocycles. The van der Waals surface area contributed by atoms with Crippen LogP contribution in [0.2, 0.25) is 0 Å². The number of aromatic nitrogens is 2. The van der Waals surface area contributed by atoms with Gasteiger partial charge in [0.2, 0.25) is 15.8 Å². The van der Waals surface area contributed by atoms with Crippen LogP contribution in [0.3, 0.4) is 0 Å². The summed E-state index contributed by atoms with van der Waals surface area (Å²) in [7, 11) is -3.30. The van der Waals surface area contributed by atoms with Gasteiger partial charge in [-0.2, -0.15) is 14.1 Å². The molecule has 4 rings (SSSR count). The highest BCUT2D eigenvalue weighted by Crippen LogP contribution is 2.35. The van der Waals surface area contributed by atoms with Crippen LogP contribution in [0.5, 0.6) is 5.75 Å². The van der Waals surface area contributed by atoms with Gasteiger partial charge in [0.25, 0.3) is 0 Å². The molecule has 2 aliphatic rings. The van der Waals surface area contributed by atoms with E-state index >= 15 is 0 Å². The lowest BCUT2D eigenvalue weighted by molar-refractivity contribution is 0.199. The van der Waals surface area contributed by atoms with Gasteiger partial charge in [0.1, 0.15) is 5.69 Å². The molecular weight excluding hydrogens is 440 g/mol. The molecule has 0 amide bonds. The Bertz CT molecular complexity index is 1110. The van der Waals surface area contributed by atoms with Gasteiger partial charge in [0.15, 0.2) is 0 Å². The van der Waals surface area contributed by atoms with E-state index in [1.807, 2.05) is 35.2 Å². The Morgan fingerprint density at radius 2 is 1.61 bits per heavy atom. The van der Waals surface area contributed by atoms with Crippen molar-refractivity contribution in [3.8, 4) is 11.4 Å². The summed E-state index contributed by atoms with van der Waals surface area (Å²) in [6, 6.07) is 9.31. The fourth-order valence-corrected chi connectivity index (χ4v) is 5.92. The third kappa shape index (κ3) is 4.80. The number of hydrogen-bond donors (Lipinski definition) is 0. The predicted octanol–water partition coefficient (Wildman–Crippen LogP) is 2.91. The molecule has 33 heavy (non-hydrogen) atoms. The van der Waals surface area contributed by atoms with Crippen LogP contribution in [0.4, 0.5) is 5.69 Å². The Kier molecular flexibility index (Phi) is 6.81. The van der Waals surface area contributed by atoms with Crippen LogP contribution in [0, 0.1) is 11.8 Å². The zero-order valence-electron chi connectivity index (χ0n) is 19.8. The number of ether oxygens (including phenoxy) is 1. The average Bonchev–Trinajstić information content (AvgIpc) is 3.12. The molecule has 1 saturated carbocycles. The van der Waals surface area contributed by atoms with Crippen LogP contribution in [0.15, 0.2) is 41.3 Å². The maximum Gasteiger partial charge on any atom is 0.316 e. The summed E-state index contributed by atoms with van der Waals surface area (Å²) in [6.07, 6.45) is 3.48. The molecule has 2 aromatic rings. The maximum absolute atomic E-state index is 13.5. The second-order valence-electron chi connectivity index (χ2n) is 9.56. The minimum Gasteiger partial charge on any atom is -0.483 e. The van der Waals surface area contributed by atoms with Crippen molar-refractivity contribution < 1.29 is 13.2 Å². The Labute approximate surface area is 196 Å². The SMILES string of the molecule is CC(C)S(=O)(=O)N1CCN(c2cnn(-c3ccccc3)c(=O)c2OC2C[C@@H](C)[C@H](C)C2)CC1. The van der Waals surface area contributed by atoms with Gasteiger partial charge in [-0.25, -0.2) is 8.42 Å². The molecule has 2 heterocycles. The normalized spacial score (nSPS) is 22.8. The molecule has 2 atom stereocenters. The van der Waals surface area contributed by atoms with Gasteiger partial charge in [0, 0.05) is 26.2 Å². The summed E-state index contributed by atoms with van der Waals surface area (Å²) in [4.78, 5) is 15.6. The molecule has 1 aromatic heterocycles. The van der Waals surface area contributed by atoms with E-state index in [4.69, 9.17) is 4.74 Å². The fourth-order valence-electron chi connectivity index (χ4n) is 4.65. The summed E-state index contributed by atoms with van der Waals surface area (Å²) in [5, 5.41) is 3.98. The number of sulfonamides is 1. The maximum atomic E-state index is 13.5. The molecule has 180 valence electrons. The van der Waals surface area contributed by atoms with Crippen LogP contribution >= 0.6 is 0 Å². The first-order valence-corrected chi connectivity index (χ1v) is 13.3. The zero-order chi connectivity index (χ0) is 23.8. The molecule has 0 bridgehead atoms. The van der Waals surface area contributed by atoms with Crippen LogP contribution in [-0.2, 0) is 10.0 Å². The van der Waals surface area contributed by atoms with Crippen molar-refractivity contribution >= 4 is 15.7 Å². The number of piperazine rings is 1. The largest absolute Gasteiger partial charge is 0.483 e. The summed E-state index contributed by atoms with van der Waals surface area (Å²) in [5.74, 6) is 1.39. The lowest BCUT2D eigenvalue weighted by atomic mass is 10.0. The van der Waals surface area contributed by atoms with E-state index in [9.17, 15) is 13.2 Å². The van der Waals surface area contributed by atoms with Gasteiger partial charge in [0.05, 0.1) is 23.2 Å². The van der Waals surface area contributed by atoms with E-state index in [0.717, 1.165) is 12.8 Å². The summed E-state index contributed by atoms with van der Waals surface area (Å²) < 4.78 is 34.4. The van der Waals surface area contributed by atoms with Crippen LogP contribution < -0.4 is 15.2 Å². The fraction of sp³-hybridized carbons (Fsp3) is 0.583. The van der Waals surface area contributed by atoms with Crippen molar-refractivity contribution in [1.29, 1.82) is 0 Å². The number of para-hydroxylation sites is 1. The average molecular weight is 475 g/mol. The van der Waals surface area contributed by atoms with Crippen molar-refractivity contribution in [3.05, 3.63) is 46.9 Å². The van der Waals surface area contributed by atoms with E-state index in [0.29, 0.717) is 55.1 Å². The minimum absolute atomic E-state index is 0.0179. The number of rotatable bonds is 6. The second kappa shape index (κ2) is 9.46. The van der Waals surface area contributed by atoms with Crippen LogP contribution in [0.25, 0.3) is 5.69 Å². The molecule has 1 aliphatic heterocycles. The molecule has 0 unspecified atom stereocenters. The first kappa shape index (κ1) is 23.8. The number of hydrogen-bond acceptors (Lipinski definition) is 6. The smallest absolute Gasteiger partial charge is 0.316 e. The van der Waals surface area contributed by atoms with Crippen molar-refractivity contribution in [3.63, 3.8) is 0 Å². The van der Waals surface area contributed by atoms with Crippen molar-refractivity contribution in [2.45, 2.75) is 51.9 Å². The monoisotopic (exact) mass is 474 g/mol. The lowest BCUT2D eigenvalue weighted by Crippen LogP contribution is -2.50. The molecule has 0 radical (unpaired) electrons. The van der Waals surface area contributed by atoms with E-state index < -0.39 is 15.3 Å². The van der Waals surface area contributed by atoms with E-state index in [-0.39, 0.29) is 11.7 Å². The van der Waals surface area contributed by atoms with Crippen LogP contribution in [-0.4, -0.2) is 60.0 Å². The van der Waals surface area contributed by atoms with Gasteiger partial charge in [-0.3, -0.25) is 4.79 Å². The van der Waals surface area contributed by atoms with Gasteiger partial charge in [-0.1, -0.05) is 32.0 Å². The second-order valence-corrected chi connectivity index (χ2v) is 12.0. The third-order valence-corrected chi connectivity index (χ3v) is 9.25. The standard InChI is InChI=1S/C24H34N4O4S/c1-17(2)33(30,31)27-12-10-26(11-13-27)22-16-25-28(20-8-6-5-7-9-20)24(29)23(22)32-21-14-18(3)19(4)15-21/h5-9,16-19,21H,10-15H2,1-4H3/t18-,19-/m1/s1. The number of benzene rings is 1. The molecule has 1 saturated heterocycles. The molecular formula is C24H34N4O4S. The third-order valence-electron chi connectivity index (χ3n) is 6.98. The van der Waals surface area contributed by atoms with E-state index in [1.54, 1.807) is 20.0 Å².